The van der Waals surface area contributed by atoms with E-state index in [0.29, 0.717) is 56.1 Å². The van der Waals surface area contributed by atoms with E-state index in [2.05, 4.69) is 5.32 Å². The maximum atomic E-state index is 13.6. The minimum absolute atomic E-state index is 0.0576. The van der Waals surface area contributed by atoms with Crippen molar-refractivity contribution in [1.82, 2.24) is 20.0 Å². The third kappa shape index (κ3) is 5.89. The van der Waals surface area contributed by atoms with Crippen LogP contribution in [0.4, 0.5) is 0 Å². The number of methoxy groups -OCH3 is 2. The lowest BCUT2D eigenvalue weighted by atomic mass is 9.95. The van der Waals surface area contributed by atoms with Gasteiger partial charge in [-0.25, -0.2) is 4.68 Å². The molecular weight excluding hydrogens is 444 g/mol. The Balaban J connectivity index is 1.52. The molecule has 1 saturated heterocycles. The van der Waals surface area contributed by atoms with Crippen LogP contribution in [0.1, 0.15) is 29.6 Å². The van der Waals surface area contributed by atoms with Crippen molar-refractivity contribution in [1.29, 1.82) is 0 Å². The largest absolute Gasteiger partial charge is 0.497 e. The second-order valence-electron chi connectivity index (χ2n) is 8.61. The maximum Gasteiger partial charge on any atom is 0.257 e. The number of rotatable bonds is 9. The number of para-hydroxylation sites is 1. The van der Waals surface area contributed by atoms with Gasteiger partial charge in [-0.2, -0.15) is 5.10 Å². The quantitative estimate of drug-likeness (QED) is 0.478. The fourth-order valence-electron chi connectivity index (χ4n) is 4.31. The van der Waals surface area contributed by atoms with Crippen molar-refractivity contribution in [2.45, 2.75) is 19.3 Å². The lowest BCUT2D eigenvalue weighted by molar-refractivity contribution is -0.126. The molecule has 0 bridgehead atoms. The molecule has 0 saturated carbocycles. The van der Waals surface area contributed by atoms with Gasteiger partial charge >= 0.3 is 0 Å². The number of aromatic nitrogens is 2. The Bertz CT molecular complexity index is 1140. The highest BCUT2D eigenvalue weighted by Gasteiger charge is 2.30. The normalized spacial score (nSPS) is 14.1. The molecule has 1 N–H and O–H groups in total. The van der Waals surface area contributed by atoms with Gasteiger partial charge in [0.1, 0.15) is 11.4 Å². The number of hydrogen-bond donors (Lipinski definition) is 1. The van der Waals surface area contributed by atoms with E-state index in [1.807, 2.05) is 59.5 Å². The minimum Gasteiger partial charge on any atom is -0.497 e. The highest BCUT2D eigenvalue weighted by atomic mass is 16.5. The summed E-state index contributed by atoms with van der Waals surface area (Å²) in [6.45, 7) is 2.29. The Morgan fingerprint density at radius 3 is 2.54 bits per heavy atom. The molecule has 8 heteroatoms. The number of nitrogens with one attached hydrogen (secondary N) is 1. The smallest absolute Gasteiger partial charge is 0.257 e. The third-order valence-corrected chi connectivity index (χ3v) is 6.29. The van der Waals surface area contributed by atoms with E-state index >= 15 is 0 Å². The molecule has 0 atom stereocenters. The average Bonchev–Trinajstić information content (AvgIpc) is 3.37. The van der Waals surface area contributed by atoms with E-state index in [4.69, 9.17) is 14.6 Å². The van der Waals surface area contributed by atoms with Crippen LogP contribution >= 0.6 is 0 Å². The molecule has 35 heavy (non-hydrogen) atoms. The standard InChI is InChI=1S/C27H32N4O4/c1-34-17-7-14-28-26(32)20-12-15-30(16-13-20)27(33)24-19-31(22-9-4-3-5-10-22)29-25(24)21-8-6-11-23(18-21)35-2/h3-6,8-11,18-20H,7,12-17H2,1-2H3,(H,28,32). The first-order valence-electron chi connectivity index (χ1n) is 12.0. The third-order valence-electron chi connectivity index (χ3n) is 6.29. The number of benzene rings is 2. The van der Waals surface area contributed by atoms with Crippen molar-refractivity contribution in [3.05, 3.63) is 66.4 Å². The van der Waals surface area contributed by atoms with E-state index in [1.54, 1.807) is 25.1 Å². The fourth-order valence-corrected chi connectivity index (χ4v) is 4.31. The minimum atomic E-state index is -0.0797. The summed E-state index contributed by atoms with van der Waals surface area (Å²) < 4.78 is 12.2. The van der Waals surface area contributed by atoms with Gasteiger partial charge in [-0.1, -0.05) is 30.3 Å². The Kier molecular flexibility index (Phi) is 8.15. The van der Waals surface area contributed by atoms with Gasteiger partial charge in [0.15, 0.2) is 0 Å². The van der Waals surface area contributed by atoms with E-state index in [0.717, 1.165) is 17.7 Å². The number of piperidine rings is 1. The predicted molar refractivity (Wildman–Crippen MR) is 134 cm³/mol. The molecule has 0 radical (unpaired) electrons. The van der Waals surface area contributed by atoms with Gasteiger partial charge in [0.2, 0.25) is 5.91 Å². The molecule has 8 nitrogen and oxygen atoms in total. The molecule has 1 aliphatic heterocycles. The molecule has 0 unspecified atom stereocenters. The lowest BCUT2D eigenvalue weighted by Gasteiger charge is -2.31. The van der Waals surface area contributed by atoms with E-state index in [-0.39, 0.29) is 17.7 Å². The molecule has 184 valence electrons. The molecule has 1 fully saturated rings. The van der Waals surface area contributed by atoms with Crippen LogP contribution in [0.5, 0.6) is 5.75 Å². The highest BCUT2D eigenvalue weighted by molar-refractivity contribution is 6.00. The number of hydrogen-bond acceptors (Lipinski definition) is 5. The van der Waals surface area contributed by atoms with Crippen LogP contribution in [0, 0.1) is 5.92 Å². The summed E-state index contributed by atoms with van der Waals surface area (Å²) in [5.74, 6) is 0.602. The summed E-state index contributed by atoms with van der Waals surface area (Å²) in [5.41, 5.74) is 2.83. The number of ether oxygens (including phenoxy) is 2. The molecule has 0 aliphatic carbocycles. The lowest BCUT2D eigenvalue weighted by Crippen LogP contribution is -2.43. The number of nitrogens with zero attached hydrogens (tertiary/aromatic N) is 3. The fraction of sp³-hybridized carbons (Fsp3) is 0.370. The van der Waals surface area contributed by atoms with Gasteiger partial charge in [0.25, 0.3) is 5.91 Å². The summed E-state index contributed by atoms with van der Waals surface area (Å²) in [6, 6.07) is 17.3. The van der Waals surface area contributed by atoms with Crippen LogP contribution in [0.3, 0.4) is 0 Å². The molecule has 2 aromatic carbocycles. The molecule has 2 amide bonds. The number of amides is 2. The van der Waals surface area contributed by atoms with Gasteiger partial charge in [0.05, 0.1) is 18.4 Å². The Morgan fingerprint density at radius 2 is 1.83 bits per heavy atom. The van der Waals surface area contributed by atoms with E-state index in [1.165, 1.54) is 0 Å². The topological polar surface area (TPSA) is 85.7 Å². The summed E-state index contributed by atoms with van der Waals surface area (Å²) in [5, 5.41) is 7.75. The summed E-state index contributed by atoms with van der Waals surface area (Å²) >= 11 is 0. The van der Waals surface area contributed by atoms with Crippen LogP contribution in [-0.2, 0) is 9.53 Å². The number of likely N-dealkylation sites (tertiary alicyclic amines) is 1. The molecule has 3 aromatic rings. The van der Waals surface area contributed by atoms with Crippen LogP contribution in [0.25, 0.3) is 16.9 Å². The highest BCUT2D eigenvalue weighted by Crippen LogP contribution is 2.29. The van der Waals surface area contributed by atoms with Crippen LogP contribution in [-0.4, -0.2) is 67.0 Å². The first-order valence-corrected chi connectivity index (χ1v) is 12.0. The predicted octanol–water partition coefficient (Wildman–Crippen LogP) is 3.55. The molecule has 1 aliphatic rings. The average molecular weight is 477 g/mol. The van der Waals surface area contributed by atoms with E-state index < -0.39 is 0 Å². The van der Waals surface area contributed by atoms with Gasteiger partial charge in [0, 0.05) is 51.0 Å². The summed E-state index contributed by atoms with van der Waals surface area (Å²) in [7, 11) is 3.27. The zero-order valence-electron chi connectivity index (χ0n) is 20.3. The SMILES string of the molecule is COCCCNC(=O)C1CCN(C(=O)c2cn(-c3ccccc3)nc2-c2cccc(OC)c2)CC1. The van der Waals surface area contributed by atoms with Crippen molar-refractivity contribution >= 4 is 11.8 Å². The van der Waals surface area contributed by atoms with Gasteiger partial charge < -0.3 is 19.7 Å². The molecule has 2 heterocycles. The monoisotopic (exact) mass is 476 g/mol. The van der Waals surface area contributed by atoms with Gasteiger partial charge in [-0.3, -0.25) is 9.59 Å². The van der Waals surface area contributed by atoms with Crippen LogP contribution in [0.15, 0.2) is 60.8 Å². The number of carbonyl (C=O) groups excluding carboxylic acids is 2. The van der Waals surface area contributed by atoms with Gasteiger partial charge in [-0.05, 0) is 43.5 Å². The second kappa shape index (κ2) is 11.7. The van der Waals surface area contributed by atoms with Gasteiger partial charge in [-0.15, -0.1) is 0 Å². The maximum absolute atomic E-state index is 13.6. The Hall–Kier alpha value is -3.65. The van der Waals surface area contributed by atoms with Crippen molar-refractivity contribution in [3.63, 3.8) is 0 Å². The zero-order chi connectivity index (χ0) is 24.6. The first-order chi connectivity index (χ1) is 17.1. The molecule has 0 spiro atoms. The molecule has 1 aromatic heterocycles. The first kappa shape index (κ1) is 24.5. The molecular formula is C27H32N4O4. The van der Waals surface area contributed by atoms with Crippen molar-refractivity contribution < 1.29 is 19.1 Å². The second-order valence-corrected chi connectivity index (χ2v) is 8.61. The van der Waals surface area contributed by atoms with Crippen molar-refractivity contribution in [3.8, 4) is 22.7 Å². The van der Waals surface area contributed by atoms with Crippen LogP contribution < -0.4 is 10.1 Å². The molecule has 4 rings (SSSR count). The zero-order valence-corrected chi connectivity index (χ0v) is 20.3. The summed E-state index contributed by atoms with van der Waals surface area (Å²) in [6.07, 6.45) is 3.87. The van der Waals surface area contributed by atoms with Crippen molar-refractivity contribution in [2.75, 3.05) is 40.5 Å². The Labute approximate surface area is 205 Å². The van der Waals surface area contributed by atoms with Crippen molar-refractivity contribution in [2.24, 2.45) is 5.92 Å². The van der Waals surface area contributed by atoms with Crippen LogP contribution in [0.2, 0.25) is 0 Å². The Morgan fingerprint density at radius 1 is 1.06 bits per heavy atom. The number of carbonyl (C=O) groups is 2. The summed E-state index contributed by atoms with van der Waals surface area (Å²) in [4.78, 5) is 28.0. The van der Waals surface area contributed by atoms with E-state index in [9.17, 15) is 9.59 Å².